The number of amides is 2. The van der Waals surface area contributed by atoms with E-state index in [1.165, 1.54) is 0 Å². The van der Waals surface area contributed by atoms with Crippen LogP contribution in [0.25, 0.3) is 0 Å². The number of likely N-dealkylation sites (N-methyl/N-ethyl adjacent to an activating group) is 1. The molecule has 1 aromatic carbocycles. The van der Waals surface area contributed by atoms with E-state index in [9.17, 15) is 4.79 Å². The molecule has 0 bridgehead atoms. The van der Waals surface area contributed by atoms with Crippen LogP contribution in [0.3, 0.4) is 0 Å². The van der Waals surface area contributed by atoms with Crippen LogP contribution in [0.15, 0.2) is 18.2 Å². The topological polar surface area (TPSA) is 44.4 Å². The SMILES string of the molecule is CCN(C(=O)Nc1cc(Cl)cc(Cl)c1)C1CNC1. The van der Waals surface area contributed by atoms with Crippen molar-refractivity contribution in [2.24, 2.45) is 0 Å². The van der Waals surface area contributed by atoms with Crippen molar-refractivity contribution in [3.05, 3.63) is 28.2 Å². The summed E-state index contributed by atoms with van der Waals surface area (Å²) in [6.45, 7) is 4.32. The molecule has 2 N–H and O–H groups in total. The highest BCUT2D eigenvalue weighted by Gasteiger charge is 2.27. The Balaban J connectivity index is 2.05. The van der Waals surface area contributed by atoms with Crippen LogP contribution in [-0.2, 0) is 0 Å². The first-order valence-corrected chi connectivity index (χ1v) is 6.60. The predicted octanol–water partition coefficient (Wildman–Crippen LogP) is 2.82. The van der Waals surface area contributed by atoms with Gasteiger partial charge in [0.25, 0.3) is 0 Å². The summed E-state index contributed by atoms with van der Waals surface area (Å²) >= 11 is 11.8. The van der Waals surface area contributed by atoms with E-state index in [2.05, 4.69) is 10.6 Å². The summed E-state index contributed by atoms with van der Waals surface area (Å²) in [6.07, 6.45) is 0. The molecule has 0 spiro atoms. The third-order valence-corrected chi connectivity index (χ3v) is 3.35. The monoisotopic (exact) mass is 287 g/mol. The van der Waals surface area contributed by atoms with Gasteiger partial charge in [0.1, 0.15) is 0 Å². The van der Waals surface area contributed by atoms with Gasteiger partial charge in [-0.3, -0.25) is 0 Å². The van der Waals surface area contributed by atoms with Crippen LogP contribution < -0.4 is 10.6 Å². The molecule has 98 valence electrons. The predicted molar refractivity (Wildman–Crippen MR) is 74.5 cm³/mol. The molecular formula is C12H15Cl2N3O. The van der Waals surface area contributed by atoms with Gasteiger partial charge in [0.15, 0.2) is 0 Å². The smallest absolute Gasteiger partial charge is 0.319 e. The molecule has 1 heterocycles. The number of hydrogen-bond acceptors (Lipinski definition) is 2. The Morgan fingerprint density at radius 2 is 2.00 bits per heavy atom. The molecule has 4 nitrogen and oxygen atoms in total. The largest absolute Gasteiger partial charge is 0.322 e. The van der Waals surface area contributed by atoms with Crippen molar-refractivity contribution >= 4 is 34.9 Å². The van der Waals surface area contributed by atoms with Crippen molar-refractivity contribution in [2.45, 2.75) is 13.0 Å². The van der Waals surface area contributed by atoms with E-state index in [1.54, 1.807) is 23.1 Å². The summed E-state index contributed by atoms with van der Waals surface area (Å²) in [5, 5.41) is 6.97. The number of carbonyl (C=O) groups is 1. The number of hydrogen-bond donors (Lipinski definition) is 2. The molecule has 0 radical (unpaired) electrons. The fraction of sp³-hybridized carbons (Fsp3) is 0.417. The fourth-order valence-electron chi connectivity index (χ4n) is 1.88. The zero-order valence-electron chi connectivity index (χ0n) is 10.0. The first-order chi connectivity index (χ1) is 8.60. The second-order valence-corrected chi connectivity index (χ2v) is 5.06. The van der Waals surface area contributed by atoms with Gasteiger partial charge >= 0.3 is 6.03 Å². The minimum absolute atomic E-state index is 0.123. The summed E-state index contributed by atoms with van der Waals surface area (Å²) in [7, 11) is 0. The lowest BCUT2D eigenvalue weighted by Crippen LogP contribution is -2.59. The maximum atomic E-state index is 12.1. The Bertz CT molecular complexity index is 429. The minimum Gasteiger partial charge on any atom is -0.319 e. The van der Waals surface area contributed by atoms with Crippen LogP contribution in [0, 0.1) is 0 Å². The van der Waals surface area contributed by atoms with Crippen LogP contribution in [0.5, 0.6) is 0 Å². The maximum absolute atomic E-state index is 12.1. The molecule has 0 aromatic heterocycles. The van der Waals surface area contributed by atoms with Crippen LogP contribution >= 0.6 is 23.2 Å². The van der Waals surface area contributed by atoms with Gasteiger partial charge in [-0.25, -0.2) is 4.79 Å². The quantitative estimate of drug-likeness (QED) is 0.898. The van der Waals surface area contributed by atoms with Crippen LogP contribution in [0.4, 0.5) is 10.5 Å². The summed E-state index contributed by atoms with van der Waals surface area (Å²) in [4.78, 5) is 13.9. The first kappa shape index (κ1) is 13.5. The number of benzene rings is 1. The molecule has 1 saturated heterocycles. The second-order valence-electron chi connectivity index (χ2n) is 4.19. The van der Waals surface area contributed by atoms with Gasteiger partial charge in [0.05, 0.1) is 6.04 Å². The van der Waals surface area contributed by atoms with Gasteiger partial charge in [0.2, 0.25) is 0 Å². The Labute approximate surface area is 116 Å². The lowest BCUT2D eigenvalue weighted by molar-refractivity contribution is 0.165. The van der Waals surface area contributed by atoms with Crippen molar-refractivity contribution in [3.8, 4) is 0 Å². The number of rotatable bonds is 3. The number of carbonyl (C=O) groups excluding carboxylic acids is 1. The molecule has 0 saturated carbocycles. The molecule has 0 atom stereocenters. The lowest BCUT2D eigenvalue weighted by atomic mass is 10.1. The van der Waals surface area contributed by atoms with Crippen LogP contribution in [0.1, 0.15) is 6.92 Å². The third-order valence-electron chi connectivity index (χ3n) is 2.92. The van der Waals surface area contributed by atoms with Gasteiger partial charge < -0.3 is 15.5 Å². The zero-order valence-corrected chi connectivity index (χ0v) is 11.6. The Morgan fingerprint density at radius 3 is 2.44 bits per heavy atom. The number of nitrogens with zero attached hydrogens (tertiary/aromatic N) is 1. The van der Waals surface area contributed by atoms with E-state index in [1.807, 2.05) is 6.92 Å². The minimum atomic E-state index is -0.123. The van der Waals surface area contributed by atoms with Crippen LogP contribution in [-0.4, -0.2) is 36.6 Å². The van der Waals surface area contributed by atoms with E-state index in [-0.39, 0.29) is 12.1 Å². The number of halogens is 2. The average Bonchev–Trinajstić information content (AvgIpc) is 2.21. The highest BCUT2D eigenvalue weighted by molar-refractivity contribution is 6.35. The molecule has 18 heavy (non-hydrogen) atoms. The van der Waals surface area contributed by atoms with Crippen molar-refractivity contribution in [3.63, 3.8) is 0 Å². The van der Waals surface area contributed by atoms with E-state index >= 15 is 0 Å². The second kappa shape index (κ2) is 5.78. The number of urea groups is 1. The van der Waals surface area contributed by atoms with Crippen molar-refractivity contribution in [2.75, 3.05) is 25.0 Å². The summed E-state index contributed by atoms with van der Waals surface area (Å²) in [5.41, 5.74) is 0.614. The normalized spacial score (nSPS) is 15.1. The van der Waals surface area contributed by atoms with Crippen molar-refractivity contribution in [1.82, 2.24) is 10.2 Å². The Morgan fingerprint density at radius 1 is 1.39 bits per heavy atom. The fourth-order valence-corrected chi connectivity index (χ4v) is 2.41. The third kappa shape index (κ3) is 3.07. The van der Waals surface area contributed by atoms with Gasteiger partial charge in [-0.15, -0.1) is 0 Å². The highest BCUT2D eigenvalue weighted by Crippen LogP contribution is 2.23. The molecule has 1 aromatic rings. The molecule has 0 unspecified atom stereocenters. The average molecular weight is 288 g/mol. The Hall–Kier alpha value is -0.970. The molecule has 2 amide bonds. The molecule has 6 heteroatoms. The van der Waals surface area contributed by atoms with Crippen molar-refractivity contribution < 1.29 is 4.79 Å². The molecule has 1 aliphatic heterocycles. The standard InChI is InChI=1S/C12H15Cl2N3O/c1-2-17(11-6-15-7-11)12(18)16-10-4-8(13)3-9(14)5-10/h3-5,11,15H,2,6-7H2,1H3,(H,16,18). The van der Waals surface area contributed by atoms with Crippen LogP contribution in [0.2, 0.25) is 10.0 Å². The lowest BCUT2D eigenvalue weighted by Gasteiger charge is -2.37. The zero-order chi connectivity index (χ0) is 13.1. The number of nitrogens with one attached hydrogen (secondary N) is 2. The first-order valence-electron chi connectivity index (χ1n) is 5.84. The molecular weight excluding hydrogens is 273 g/mol. The highest BCUT2D eigenvalue weighted by atomic mass is 35.5. The van der Waals surface area contributed by atoms with E-state index < -0.39 is 0 Å². The summed E-state index contributed by atoms with van der Waals surface area (Å²) in [6, 6.07) is 5.13. The maximum Gasteiger partial charge on any atom is 0.322 e. The van der Waals surface area contributed by atoms with Gasteiger partial charge in [-0.2, -0.15) is 0 Å². The van der Waals surface area contributed by atoms with Gasteiger partial charge in [-0.1, -0.05) is 23.2 Å². The Kier molecular flexibility index (Phi) is 4.32. The van der Waals surface area contributed by atoms with E-state index in [4.69, 9.17) is 23.2 Å². The van der Waals surface area contributed by atoms with Gasteiger partial charge in [-0.05, 0) is 25.1 Å². The molecule has 2 rings (SSSR count). The molecule has 0 aliphatic carbocycles. The molecule has 1 fully saturated rings. The van der Waals surface area contributed by atoms with E-state index in [0.717, 1.165) is 13.1 Å². The van der Waals surface area contributed by atoms with E-state index in [0.29, 0.717) is 22.3 Å². The summed E-state index contributed by atoms with van der Waals surface area (Å²) in [5.74, 6) is 0. The van der Waals surface area contributed by atoms with Crippen molar-refractivity contribution in [1.29, 1.82) is 0 Å². The van der Waals surface area contributed by atoms with Gasteiger partial charge in [0, 0.05) is 35.4 Å². The summed E-state index contributed by atoms with van der Waals surface area (Å²) < 4.78 is 0. The molecule has 1 aliphatic rings. The number of anilines is 1.